The molecule has 1 aromatic rings. The molecule has 2 nitrogen and oxygen atoms in total. The molecule has 0 saturated carbocycles. The number of benzene rings is 1. The summed E-state index contributed by atoms with van der Waals surface area (Å²) in [6, 6.07) is 9.87. The van der Waals surface area contributed by atoms with Gasteiger partial charge in [-0.05, 0) is 29.9 Å². The zero-order valence-corrected chi connectivity index (χ0v) is 12.7. The van der Waals surface area contributed by atoms with Crippen molar-refractivity contribution in [3.05, 3.63) is 35.4 Å². The highest BCUT2D eigenvalue weighted by atomic mass is 15.2. The minimum atomic E-state index is 0.591. The van der Waals surface area contributed by atoms with Crippen molar-refractivity contribution in [2.45, 2.75) is 39.7 Å². The van der Waals surface area contributed by atoms with Gasteiger partial charge in [0.15, 0.2) is 0 Å². The van der Waals surface area contributed by atoms with E-state index in [-0.39, 0.29) is 0 Å². The molecule has 1 aliphatic heterocycles. The summed E-state index contributed by atoms with van der Waals surface area (Å²) in [7, 11) is 0. The van der Waals surface area contributed by atoms with Gasteiger partial charge in [0.1, 0.15) is 0 Å². The Labute approximate surface area is 118 Å². The van der Waals surface area contributed by atoms with E-state index < -0.39 is 0 Å². The van der Waals surface area contributed by atoms with Crippen molar-refractivity contribution in [1.82, 2.24) is 10.2 Å². The predicted octanol–water partition coefficient (Wildman–Crippen LogP) is 3.24. The van der Waals surface area contributed by atoms with Crippen molar-refractivity contribution in [2.75, 3.05) is 26.2 Å². The highest BCUT2D eigenvalue weighted by Crippen LogP contribution is 2.28. The maximum absolute atomic E-state index is 3.45. The van der Waals surface area contributed by atoms with Crippen LogP contribution < -0.4 is 5.32 Å². The molecule has 0 unspecified atom stereocenters. The van der Waals surface area contributed by atoms with Crippen LogP contribution in [0.25, 0.3) is 0 Å². The summed E-state index contributed by atoms with van der Waals surface area (Å²) in [6.07, 6.45) is 2.38. The van der Waals surface area contributed by atoms with Crippen LogP contribution in [-0.2, 0) is 6.42 Å². The second-order valence-electron chi connectivity index (χ2n) is 6.03. The first-order chi connectivity index (χ1) is 9.20. The smallest absolute Gasteiger partial charge is 0.0351 e. The van der Waals surface area contributed by atoms with E-state index in [0.29, 0.717) is 6.04 Å². The van der Waals surface area contributed by atoms with Crippen molar-refractivity contribution in [2.24, 2.45) is 5.92 Å². The number of nitrogens with zero attached hydrogens (tertiary/aromatic N) is 1. The number of hydrogen-bond donors (Lipinski definition) is 1. The Morgan fingerprint density at radius 2 is 1.74 bits per heavy atom. The Balaban J connectivity index is 2.14. The van der Waals surface area contributed by atoms with E-state index in [9.17, 15) is 0 Å². The largest absolute Gasteiger partial charge is 0.314 e. The van der Waals surface area contributed by atoms with E-state index in [0.717, 1.165) is 25.4 Å². The summed E-state index contributed by atoms with van der Waals surface area (Å²) in [5.74, 6) is 0.741. The molecule has 1 heterocycles. The summed E-state index contributed by atoms with van der Waals surface area (Å²) >= 11 is 0. The Morgan fingerprint density at radius 3 is 2.26 bits per heavy atom. The summed E-state index contributed by atoms with van der Waals surface area (Å²) < 4.78 is 0. The van der Waals surface area contributed by atoms with Gasteiger partial charge < -0.3 is 5.32 Å². The molecule has 106 valence electrons. The van der Waals surface area contributed by atoms with E-state index in [1.165, 1.54) is 30.6 Å². The highest BCUT2D eigenvalue weighted by molar-refractivity contribution is 5.25. The van der Waals surface area contributed by atoms with Gasteiger partial charge in [0.2, 0.25) is 0 Å². The first kappa shape index (κ1) is 14.5. The van der Waals surface area contributed by atoms with Gasteiger partial charge in [-0.25, -0.2) is 0 Å². The number of piperazine rings is 1. The number of aryl methyl sites for hydroxylation is 1. The summed E-state index contributed by atoms with van der Waals surface area (Å²) in [4.78, 5) is 2.65. The highest BCUT2D eigenvalue weighted by Gasteiger charge is 2.22. The van der Waals surface area contributed by atoms with Crippen molar-refractivity contribution in [1.29, 1.82) is 0 Å². The molecule has 1 fully saturated rings. The first-order valence-corrected chi connectivity index (χ1v) is 7.74. The van der Waals surface area contributed by atoms with Crippen molar-refractivity contribution in [3.63, 3.8) is 0 Å². The maximum atomic E-state index is 3.45. The average Bonchev–Trinajstić information content (AvgIpc) is 2.46. The molecular weight excluding hydrogens is 232 g/mol. The molecule has 0 amide bonds. The molecule has 0 aliphatic carbocycles. The predicted molar refractivity (Wildman–Crippen MR) is 82.5 cm³/mol. The van der Waals surface area contributed by atoms with Crippen LogP contribution in [0.5, 0.6) is 0 Å². The Kier molecular flexibility index (Phi) is 5.41. The molecule has 0 bridgehead atoms. The monoisotopic (exact) mass is 260 g/mol. The lowest BCUT2D eigenvalue weighted by Gasteiger charge is -2.36. The van der Waals surface area contributed by atoms with Crippen LogP contribution in [-0.4, -0.2) is 31.1 Å². The Bertz CT molecular complexity index is 363. The topological polar surface area (TPSA) is 15.3 Å². The number of hydrogen-bond acceptors (Lipinski definition) is 2. The van der Waals surface area contributed by atoms with Crippen LogP contribution in [0.4, 0.5) is 0 Å². The zero-order chi connectivity index (χ0) is 13.7. The van der Waals surface area contributed by atoms with E-state index in [1.807, 2.05) is 0 Å². The van der Waals surface area contributed by atoms with Crippen LogP contribution in [0.3, 0.4) is 0 Å². The lowest BCUT2D eigenvalue weighted by atomic mass is 9.94. The fourth-order valence-electron chi connectivity index (χ4n) is 2.91. The molecule has 1 atom stereocenters. The molecule has 0 radical (unpaired) electrons. The van der Waals surface area contributed by atoms with Gasteiger partial charge in [0, 0.05) is 32.2 Å². The first-order valence-electron chi connectivity index (χ1n) is 7.74. The third-order valence-corrected chi connectivity index (χ3v) is 4.06. The van der Waals surface area contributed by atoms with E-state index >= 15 is 0 Å². The van der Waals surface area contributed by atoms with Crippen LogP contribution in [0.2, 0.25) is 0 Å². The van der Waals surface area contributed by atoms with Gasteiger partial charge in [-0.15, -0.1) is 0 Å². The third kappa shape index (κ3) is 4.05. The minimum Gasteiger partial charge on any atom is -0.314 e. The summed E-state index contributed by atoms with van der Waals surface area (Å²) in [6.45, 7) is 11.5. The SMILES string of the molecule is CCc1ccc([C@@H](CC(C)C)N2CCNCC2)cc1. The van der Waals surface area contributed by atoms with Crippen molar-refractivity contribution < 1.29 is 0 Å². The lowest BCUT2D eigenvalue weighted by molar-refractivity contribution is 0.154. The van der Waals surface area contributed by atoms with Crippen molar-refractivity contribution in [3.8, 4) is 0 Å². The quantitative estimate of drug-likeness (QED) is 0.874. The molecule has 1 aromatic carbocycles. The van der Waals surface area contributed by atoms with Gasteiger partial charge in [-0.2, -0.15) is 0 Å². The molecule has 0 aromatic heterocycles. The van der Waals surface area contributed by atoms with Crippen LogP contribution in [0, 0.1) is 5.92 Å². The molecule has 2 heteroatoms. The van der Waals surface area contributed by atoms with Gasteiger partial charge in [0.05, 0.1) is 0 Å². The minimum absolute atomic E-state index is 0.591. The van der Waals surface area contributed by atoms with Crippen LogP contribution >= 0.6 is 0 Å². The van der Waals surface area contributed by atoms with Gasteiger partial charge in [0.25, 0.3) is 0 Å². The fraction of sp³-hybridized carbons (Fsp3) is 0.647. The van der Waals surface area contributed by atoms with Crippen LogP contribution in [0.1, 0.15) is 44.4 Å². The molecule has 1 aliphatic rings. The second kappa shape index (κ2) is 7.06. The average molecular weight is 260 g/mol. The molecule has 1 N–H and O–H groups in total. The Morgan fingerprint density at radius 1 is 1.11 bits per heavy atom. The fourth-order valence-corrected chi connectivity index (χ4v) is 2.91. The third-order valence-electron chi connectivity index (χ3n) is 4.06. The summed E-state index contributed by atoms with van der Waals surface area (Å²) in [5, 5.41) is 3.45. The normalized spacial score (nSPS) is 18.7. The molecule has 0 spiro atoms. The van der Waals surface area contributed by atoms with Crippen molar-refractivity contribution >= 4 is 0 Å². The van der Waals surface area contributed by atoms with Gasteiger partial charge >= 0.3 is 0 Å². The summed E-state index contributed by atoms with van der Waals surface area (Å²) in [5.41, 5.74) is 2.93. The van der Waals surface area contributed by atoms with E-state index in [1.54, 1.807) is 0 Å². The van der Waals surface area contributed by atoms with Gasteiger partial charge in [-0.3, -0.25) is 4.90 Å². The van der Waals surface area contributed by atoms with Crippen LogP contribution in [0.15, 0.2) is 24.3 Å². The zero-order valence-electron chi connectivity index (χ0n) is 12.7. The molecular formula is C17H28N2. The van der Waals surface area contributed by atoms with E-state index in [2.05, 4.69) is 55.3 Å². The molecule has 2 rings (SSSR count). The standard InChI is InChI=1S/C17H28N2/c1-4-15-5-7-16(8-6-15)17(13-14(2)3)19-11-9-18-10-12-19/h5-8,14,17-18H,4,9-13H2,1-3H3/t17-/m1/s1. The lowest BCUT2D eigenvalue weighted by Crippen LogP contribution is -2.45. The number of rotatable bonds is 5. The van der Waals surface area contributed by atoms with E-state index in [4.69, 9.17) is 0 Å². The maximum Gasteiger partial charge on any atom is 0.0351 e. The Hall–Kier alpha value is -0.860. The second-order valence-corrected chi connectivity index (χ2v) is 6.03. The molecule has 1 saturated heterocycles. The molecule has 19 heavy (non-hydrogen) atoms. The van der Waals surface area contributed by atoms with Gasteiger partial charge in [-0.1, -0.05) is 45.0 Å². The number of nitrogens with one attached hydrogen (secondary N) is 1.